The standard InChI is InChI=1S/C13H23N3O4/c1-9(2)16(8-12(18)19)7-11(17)15-5-3-4-10(6-15)13(14)20/h9-10H,3-8H2,1-2H3,(H2,14,20)(H,18,19). The van der Waals surface area contributed by atoms with Crippen molar-refractivity contribution < 1.29 is 19.5 Å². The summed E-state index contributed by atoms with van der Waals surface area (Å²) >= 11 is 0. The van der Waals surface area contributed by atoms with Gasteiger partial charge >= 0.3 is 5.97 Å². The Hall–Kier alpha value is -1.63. The number of hydrogen-bond acceptors (Lipinski definition) is 4. The van der Waals surface area contributed by atoms with E-state index in [1.807, 2.05) is 13.8 Å². The van der Waals surface area contributed by atoms with E-state index in [2.05, 4.69) is 0 Å². The summed E-state index contributed by atoms with van der Waals surface area (Å²) in [7, 11) is 0. The van der Waals surface area contributed by atoms with Crippen LogP contribution in [0.25, 0.3) is 0 Å². The van der Waals surface area contributed by atoms with Crippen LogP contribution in [0.2, 0.25) is 0 Å². The van der Waals surface area contributed by atoms with Crippen LogP contribution in [0.4, 0.5) is 0 Å². The van der Waals surface area contributed by atoms with Crippen molar-refractivity contribution in [3.63, 3.8) is 0 Å². The highest BCUT2D eigenvalue weighted by Gasteiger charge is 2.28. The highest BCUT2D eigenvalue weighted by atomic mass is 16.4. The highest BCUT2D eigenvalue weighted by Crippen LogP contribution is 2.16. The van der Waals surface area contributed by atoms with Crippen molar-refractivity contribution in [1.29, 1.82) is 0 Å². The lowest BCUT2D eigenvalue weighted by molar-refractivity contribution is -0.141. The van der Waals surface area contributed by atoms with Crippen LogP contribution in [0.3, 0.4) is 0 Å². The Balaban J connectivity index is 2.59. The Morgan fingerprint density at radius 3 is 2.50 bits per heavy atom. The third-order valence-corrected chi connectivity index (χ3v) is 3.58. The minimum Gasteiger partial charge on any atom is -0.480 e. The van der Waals surface area contributed by atoms with E-state index in [0.717, 1.165) is 6.42 Å². The van der Waals surface area contributed by atoms with E-state index in [0.29, 0.717) is 19.5 Å². The molecule has 3 N–H and O–H groups in total. The number of primary amides is 1. The van der Waals surface area contributed by atoms with E-state index in [4.69, 9.17) is 10.8 Å². The molecule has 1 saturated heterocycles. The fourth-order valence-electron chi connectivity index (χ4n) is 2.30. The second kappa shape index (κ2) is 7.23. The zero-order chi connectivity index (χ0) is 15.3. The Kier molecular flexibility index (Phi) is 5.94. The van der Waals surface area contributed by atoms with Crippen LogP contribution in [0.5, 0.6) is 0 Å². The molecule has 0 radical (unpaired) electrons. The molecule has 2 amide bonds. The molecule has 0 aromatic rings. The summed E-state index contributed by atoms with van der Waals surface area (Å²) in [6.07, 6.45) is 1.46. The summed E-state index contributed by atoms with van der Waals surface area (Å²) in [4.78, 5) is 37.4. The number of carbonyl (C=O) groups is 3. The number of carbonyl (C=O) groups excluding carboxylic acids is 2. The lowest BCUT2D eigenvalue weighted by Crippen LogP contribution is -2.49. The van der Waals surface area contributed by atoms with Crippen LogP contribution in [-0.4, -0.2) is 64.9 Å². The van der Waals surface area contributed by atoms with Crippen LogP contribution in [-0.2, 0) is 14.4 Å². The number of nitrogens with zero attached hydrogens (tertiary/aromatic N) is 2. The van der Waals surface area contributed by atoms with E-state index in [1.54, 1.807) is 9.80 Å². The molecule has 114 valence electrons. The monoisotopic (exact) mass is 285 g/mol. The van der Waals surface area contributed by atoms with Crippen molar-refractivity contribution in [3.05, 3.63) is 0 Å². The van der Waals surface area contributed by atoms with Crippen LogP contribution < -0.4 is 5.73 Å². The zero-order valence-corrected chi connectivity index (χ0v) is 12.0. The molecule has 1 aliphatic rings. The second-order valence-corrected chi connectivity index (χ2v) is 5.47. The van der Waals surface area contributed by atoms with Gasteiger partial charge in [0.1, 0.15) is 0 Å². The molecule has 7 heteroatoms. The molecule has 1 aliphatic heterocycles. The van der Waals surface area contributed by atoms with Gasteiger partial charge in [0, 0.05) is 19.1 Å². The number of amides is 2. The lowest BCUT2D eigenvalue weighted by Gasteiger charge is -2.33. The van der Waals surface area contributed by atoms with Crippen molar-refractivity contribution in [2.24, 2.45) is 11.7 Å². The van der Waals surface area contributed by atoms with Gasteiger partial charge in [-0.05, 0) is 26.7 Å². The highest BCUT2D eigenvalue weighted by molar-refractivity contribution is 5.81. The molecular weight excluding hydrogens is 262 g/mol. The largest absolute Gasteiger partial charge is 0.480 e. The first-order valence-electron chi connectivity index (χ1n) is 6.84. The molecule has 1 heterocycles. The van der Waals surface area contributed by atoms with Crippen LogP contribution in [0.15, 0.2) is 0 Å². The van der Waals surface area contributed by atoms with E-state index >= 15 is 0 Å². The summed E-state index contributed by atoms with van der Waals surface area (Å²) < 4.78 is 0. The Morgan fingerprint density at radius 2 is 2.00 bits per heavy atom. The van der Waals surface area contributed by atoms with Gasteiger partial charge in [0.2, 0.25) is 11.8 Å². The minimum absolute atomic E-state index is 0.0354. The van der Waals surface area contributed by atoms with Gasteiger partial charge in [-0.1, -0.05) is 0 Å². The molecule has 7 nitrogen and oxygen atoms in total. The summed E-state index contributed by atoms with van der Waals surface area (Å²) in [6.45, 7) is 4.51. The van der Waals surface area contributed by atoms with Crippen molar-refractivity contribution in [3.8, 4) is 0 Å². The molecule has 1 atom stereocenters. The minimum atomic E-state index is -0.958. The second-order valence-electron chi connectivity index (χ2n) is 5.47. The molecule has 1 unspecified atom stereocenters. The number of carboxylic acids is 1. The molecule has 0 bridgehead atoms. The van der Waals surface area contributed by atoms with Gasteiger partial charge in [-0.2, -0.15) is 0 Å². The molecule has 0 saturated carbocycles. The summed E-state index contributed by atoms with van der Waals surface area (Å²) in [5.41, 5.74) is 5.28. The number of piperidine rings is 1. The topological polar surface area (TPSA) is 104 Å². The molecule has 0 aromatic heterocycles. The van der Waals surface area contributed by atoms with E-state index in [-0.39, 0.29) is 36.9 Å². The lowest BCUT2D eigenvalue weighted by atomic mass is 9.97. The molecule has 0 aromatic carbocycles. The molecule has 0 aliphatic carbocycles. The van der Waals surface area contributed by atoms with E-state index in [9.17, 15) is 14.4 Å². The van der Waals surface area contributed by atoms with Gasteiger partial charge in [0.05, 0.1) is 19.0 Å². The summed E-state index contributed by atoms with van der Waals surface area (Å²) in [6, 6.07) is -0.0354. The number of rotatable bonds is 6. The van der Waals surface area contributed by atoms with Crippen LogP contribution >= 0.6 is 0 Å². The number of aliphatic carboxylic acids is 1. The van der Waals surface area contributed by atoms with Crippen molar-refractivity contribution >= 4 is 17.8 Å². The molecule has 1 rings (SSSR count). The van der Waals surface area contributed by atoms with Gasteiger partial charge in [0.15, 0.2) is 0 Å². The van der Waals surface area contributed by atoms with Crippen molar-refractivity contribution in [1.82, 2.24) is 9.80 Å². The summed E-state index contributed by atoms with van der Waals surface area (Å²) in [5.74, 6) is -1.78. The number of carboxylic acid groups (broad SMARTS) is 1. The fraction of sp³-hybridized carbons (Fsp3) is 0.769. The quantitative estimate of drug-likeness (QED) is 0.685. The first-order valence-corrected chi connectivity index (χ1v) is 6.84. The maximum atomic E-state index is 12.2. The number of nitrogens with two attached hydrogens (primary N) is 1. The van der Waals surface area contributed by atoms with Gasteiger partial charge in [-0.25, -0.2) is 0 Å². The van der Waals surface area contributed by atoms with Crippen LogP contribution in [0, 0.1) is 5.92 Å². The number of likely N-dealkylation sites (tertiary alicyclic amines) is 1. The SMILES string of the molecule is CC(C)N(CC(=O)O)CC(=O)N1CCCC(C(N)=O)C1. The van der Waals surface area contributed by atoms with Crippen LogP contribution in [0.1, 0.15) is 26.7 Å². The maximum Gasteiger partial charge on any atom is 0.317 e. The molecular formula is C13H23N3O4. The Morgan fingerprint density at radius 1 is 1.35 bits per heavy atom. The first kappa shape index (κ1) is 16.4. The zero-order valence-electron chi connectivity index (χ0n) is 12.0. The Bertz CT molecular complexity index is 384. The van der Waals surface area contributed by atoms with E-state index in [1.165, 1.54) is 0 Å². The smallest absolute Gasteiger partial charge is 0.317 e. The van der Waals surface area contributed by atoms with Gasteiger partial charge in [0.25, 0.3) is 0 Å². The van der Waals surface area contributed by atoms with Crippen molar-refractivity contribution in [2.75, 3.05) is 26.2 Å². The van der Waals surface area contributed by atoms with E-state index < -0.39 is 5.97 Å². The third-order valence-electron chi connectivity index (χ3n) is 3.58. The molecule has 1 fully saturated rings. The average Bonchev–Trinajstić information content (AvgIpc) is 2.37. The normalized spacial score (nSPS) is 19.4. The van der Waals surface area contributed by atoms with Crippen molar-refractivity contribution in [2.45, 2.75) is 32.7 Å². The van der Waals surface area contributed by atoms with Gasteiger partial charge < -0.3 is 15.7 Å². The fourth-order valence-corrected chi connectivity index (χ4v) is 2.30. The maximum absolute atomic E-state index is 12.2. The first-order chi connectivity index (χ1) is 9.31. The predicted octanol–water partition coefficient (Wildman–Crippen LogP) is -0.495. The number of hydrogen-bond donors (Lipinski definition) is 2. The molecule has 0 spiro atoms. The Labute approximate surface area is 118 Å². The van der Waals surface area contributed by atoms with Gasteiger partial charge in [-0.3, -0.25) is 19.3 Å². The third kappa shape index (κ3) is 4.80. The average molecular weight is 285 g/mol. The van der Waals surface area contributed by atoms with Gasteiger partial charge in [-0.15, -0.1) is 0 Å². The predicted molar refractivity (Wildman–Crippen MR) is 72.8 cm³/mol. The summed E-state index contributed by atoms with van der Waals surface area (Å²) in [5, 5.41) is 8.84. The molecule has 20 heavy (non-hydrogen) atoms.